The number of rotatable bonds is 4. The molecule has 4 aromatic heterocycles. The molecular formula is C20H12Br2Cl2N8O4S4. The third-order valence-corrected chi connectivity index (χ3v) is 11.3. The van der Waals surface area contributed by atoms with Crippen molar-refractivity contribution in [1.82, 2.24) is 29.2 Å². The number of sulfonamides is 2. The monoisotopic (exact) mass is 784 g/mol. The molecule has 0 amide bonds. The van der Waals surface area contributed by atoms with Gasteiger partial charge in [0.25, 0.3) is 20.0 Å². The summed E-state index contributed by atoms with van der Waals surface area (Å²) in [7, 11) is -7.65. The molecule has 12 nitrogen and oxygen atoms in total. The summed E-state index contributed by atoms with van der Waals surface area (Å²) in [6, 6.07) is 14.3. The van der Waals surface area contributed by atoms with Gasteiger partial charge in [0.1, 0.15) is 20.6 Å². The van der Waals surface area contributed by atoms with E-state index in [1.165, 1.54) is 9.03 Å². The number of nitrogens with zero attached hydrogens (tertiary/aromatic N) is 6. The quantitative estimate of drug-likeness (QED) is 0.249. The Labute approximate surface area is 260 Å². The molecule has 2 aromatic carbocycles. The van der Waals surface area contributed by atoms with Crippen LogP contribution in [0.5, 0.6) is 0 Å². The van der Waals surface area contributed by atoms with E-state index in [-0.39, 0.29) is 8.68 Å². The van der Waals surface area contributed by atoms with Crippen LogP contribution in [-0.2, 0) is 20.0 Å². The van der Waals surface area contributed by atoms with Gasteiger partial charge in [0.15, 0.2) is 0 Å². The predicted molar refractivity (Wildman–Crippen MR) is 161 cm³/mol. The lowest BCUT2D eigenvalue weighted by molar-refractivity contribution is 0.593. The Hall–Kier alpha value is -2.00. The first kappa shape index (κ1) is 29.5. The van der Waals surface area contributed by atoms with Gasteiger partial charge in [-0.2, -0.15) is 9.03 Å². The first-order valence-corrected chi connectivity index (χ1v) is 17.5. The number of primary sulfonamides is 2. The second-order valence-electron chi connectivity index (χ2n) is 7.73. The summed E-state index contributed by atoms with van der Waals surface area (Å²) in [6.45, 7) is 0. The zero-order chi connectivity index (χ0) is 29.0. The zero-order valence-electron chi connectivity index (χ0n) is 19.2. The van der Waals surface area contributed by atoms with Crippen molar-refractivity contribution in [3.8, 4) is 22.5 Å². The van der Waals surface area contributed by atoms with Gasteiger partial charge in [-0.15, -0.1) is 10.2 Å². The molecule has 0 radical (unpaired) electrons. The molecule has 0 unspecified atom stereocenters. The van der Waals surface area contributed by atoms with Crippen molar-refractivity contribution in [2.75, 3.05) is 0 Å². The van der Waals surface area contributed by atoms with Gasteiger partial charge in [-0.05, 0) is 56.1 Å². The highest BCUT2D eigenvalue weighted by Crippen LogP contribution is 2.33. The maximum Gasteiger partial charge on any atom is 0.267 e. The van der Waals surface area contributed by atoms with Gasteiger partial charge < -0.3 is 0 Å². The van der Waals surface area contributed by atoms with Gasteiger partial charge >= 0.3 is 0 Å². The topological polar surface area (TPSA) is 181 Å². The standard InChI is InChI=1S/2C10H6BrClN4O2S2/c2*11-8-7(5-1-3-6(12)4-2-5)14-9-16(8)15-10(19-9)20(13,17)18/h2*1-4H,(H2,13,17,18). The predicted octanol–water partition coefficient (Wildman–Crippen LogP) is 5.04. The largest absolute Gasteiger partial charge is 0.267 e. The normalized spacial score (nSPS) is 12.2. The van der Waals surface area contributed by atoms with E-state index < -0.39 is 20.0 Å². The van der Waals surface area contributed by atoms with E-state index in [1.54, 1.807) is 24.3 Å². The van der Waals surface area contributed by atoms with Crippen molar-refractivity contribution in [1.29, 1.82) is 0 Å². The molecular weight excluding hydrogens is 775 g/mol. The minimum Gasteiger partial charge on any atom is -0.223 e. The van der Waals surface area contributed by atoms with Crippen molar-refractivity contribution in [2.24, 2.45) is 10.3 Å². The van der Waals surface area contributed by atoms with E-state index >= 15 is 0 Å². The highest BCUT2D eigenvalue weighted by molar-refractivity contribution is 9.10. The second-order valence-corrected chi connectivity index (χ2v) is 15.5. The minimum atomic E-state index is -3.83. The molecule has 6 aromatic rings. The molecule has 6 rings (SSSR count). The number of hydrogen-bond donors (Lipinski definition) is 2. The SMILES string of the molecule is NS(=O)(=O)c1nn2c(Br)c(-c3ccc(Cl)cc3)nc2s1.NS(=O)(=O)c1nn2c(Br)c(-c3ccc(Cl)cc3)nc2s1. The van der Waals surface area contributed by atoms with Crippen molar-refractivity contribution >= 4 is 108 Å². The lowest BCUT2D eigenvalue weighted by Gasteiger charge is -1.98. The van der Waals surface area contributed by atoms with Crippen LogP contribution in [0.4, 0.5) is 0 Å². The van der Waals surface area contributed by atoms with E-state index in [2.05, 4.69) is 52.0 Å². The van der Waals surface area contributed by atoms with Gasteiger partial charge in [0.2, 0.25) is 18.6 Å². The molecule has 0 fully saturated rings. The van der Waals surface area contributed by atoms with Crippen LogP contribution >= 0.6 is 77.7 Å². The molecule has 0 spiro atoms. The third-order valence-electron chi connectivity index (χ3n) is 4.98. The Morgan fingerprint density at radius 2 is 0.975 bits per heavy atom. The van der Waals surface area contributed by atoms with Gasteiger partial charge in [-0.1, -0.05) is 70.1 Å². The smallest absolute Gasteiger partial charge is 0.223 e. The molecule has 40 heavy (non-hydrogen) atoms. The Morgan fingerprint density at radius 1 is 0.650 bits per heavy atom. The van der Waals surface area contributed by atoms with Crippen molar-refractivity contribution < 1.29 is 16.8 Å². The van der Waals surface area contributed by atoms with E-state index in [4.69, 9.17) is 33.5 Å². The summed E-state index contributed by atoms with van der Waals surface area (Å²) in [5, 5.41) is 19.2. The lowest BCUT2D eigenvalue weighted by atomic mass is 10.2. The molecule has 0 bridgehead atoms. The molecule has 20 heteroatoms. The molecule has 4 heterocycles. The average molecular weight is 787 g/mol. The number of hydrogen-bond acceptors (Lipinski definition) is 10. The molecule has 4 N–H and O–H groups in total. The molecule has 0 saturated heterocycles. The third kappa shape index (κ3) is 5.96. The summed E-state index contributed by atoms with van der Waals surface area (Å²) in [5.74, 6) is 0. The number of fused-ring (bicyclic) bond motifs is 2. The minimum absolute atomic E-state index is 0.177. The average Bonchev–Trinajstić information content (AvgIpc) is 3.63. The van der Waals surface area contributed by atoms with Crippen molar-refractivity contribution in [3.05, 3.63) is 67.8 Å². The zero-order valence-corrected chi connectivity index (χ0v) is 27.2. The van der Waals surface area contributed by atoms with Gasteiger partial charge in [0, 0.05) is 21.2 Å². The molecule has 0 aliphatic rings. The molecule has 0 aliphatic carbocycles. The Morgan fingerprint density at radius 3 is 1.25 bits per heavy atom. The maximum atomic E-state index is 11.3. The highest BCUT2D eigenvalue weighted by atomic mass is 79.9. The molecule has 0 saturated carbocycles. The summed E-state index contributed by atoms with van der Waals surface area (Å²) in [6.07, 6.45) is 0. The molecule has 0 atom stereocenters. The summed E-state index contributed by atoms with van der Waals surface area (Å²) >= 11 is 20.2. The van der Waals surface area contributed by atoms with E-state index in [9.17, 15) is 16.8 Å². The van der Waals surface area contributed by atoms with Crippen LogP contribution in [0.15, 0.2) is 66.4 Å². The number of halogens is 4. The first-order valence-electron chi connectivity index (χ1n) is 10.4. The number of nitrogens with two attached hydrogens (primary N) is 2. The first-order chi connectivity index (χ1) is 18.7. The number of aromatic nitrogens is 6. The van der Waals surface area contributed by atoms with Gasteiger partial charge in [0.05, 0.1) is 0 Å². The summed E-state index contributed by atoms with van der Waals surface area (Å²) in [5.41, 5.74) is 3.00. The Bertz CT molecular complexity index is 1960. The maximum absolute atomic E-state index is 11.3. The fourth-order valence-electron chi connectivity index (χ4n) is 3.23. The van der Waals surface area contributed by atoms with Gasteiger partial charge in [-0.25, -0.2) is 37.1 Å². The van der Waals surface area contributed by atoms with Crippen LogP contribution < -0.4 is 10.3 Å². The fraction of sp³-hybridized carbons (Fsp3) is 0. The van der Waals surface area contributed by atoms with Crippen LogP contribution in [0.1, 0.15) is 0 Å². The second kappa shape index (κ2) is 11.0. The van der Waals surface area contributed by atoms with Crippen molar-refractivity contribution in [2.45, 2.75) is 8.68 Å². The Kier molecular flexibility index (Phi) is 8.12. The van der Waals surface area contributed by atoms with Crippen molar-refractivity contribution in [3.63, 3.8) is 0 Å². The molecule has 208 valence electrons. The number of imidazole rings is 2. The molecule has 0 aliphatic heterocycles. The van der Waals surface area contributed by atoms with Crippen LogP contribution in [0.25, 0.3) is 32.4 Å². The fourth-order valence-corrected chi connectivity index (χ4v) is 7.88. The van der Waals surface area contributed by atoms with Crippen LogP contribution in [-0.4, -0.2) is 46.0 Å². The van der Waals surface area contributed by atoms with E-state index in [0.29, 0.717) is 40.6 Å². The van der Waals surface area contributed by atoms with Gasteiger partial charge in [-0.3, -0.25) is 0 Å². The Balaban J connectivity index is 0.000000161. The lowest BCUT2D eigenvalue weighted by Crippen LogP contribution is -2.12. The van der Waals surface area contributed by atoms with E-state index in [1.807, 2.05) is 24.3 Å². The number of benzene rings is 2. The van der Waals surface area contributed by atoms with E-state index in [0.717, 1.165) is 33.8 Å². The van der Waals surface area contributed by atoms with Crippen LogP contribution in [0.2, 0.25) is 10.0 Å². The summed E-state index contributed by atoms with van der Waals surface area (Å²) in [4.78, 5) is 9.58. The van der Waals surface area contributed by atoms with Crippen LogP contribution in [0.3, 0.4) is 0 Å². The highest BCUT2D eigenvalue weighted by Gasteiger charge is 2.22. The van der Waals surface area contributed by atoms with Crippen LogP contribution in [0, 0.1) is 0 Å². The summed E-state index contributed by atoms with van der Waals surface area (Å²) < 4.78 is 48.6.